The lowest BCUT2D eigenvalue weighted by Crippen LogP contribution is -2.26. The molecular weight excluding hydrogens is 231 g/mol. The summed E-state index contributed by atoms with van der Waals surface area (Å²) in [6, 6.07) is 9.14. The van der Waals surface area contributed by atoms with E-state index in [9.17, 15) is 9.18 Å². The van der Waals surface area contributed by atoms with Gasteiger partial charge in [-0.2, -0.15) is 0 Å². The molecule has 0 spiro atoms. The highest BCUT2D eigenvalue weighted by atomic mass is 19.1. The topological polar surface area (TPSA) is 26.3 Å². The average molecular weight is 246 g/mol. The van der Waals surface area contributed by atoms with Crippen LogP contribution in [0.2, 0.25) is 0 Å². The van der Waals surface area contributed by atoms with E-state index in [1.165, 1.54) is 7.11 Å². The SMILES string of the molecule is C=C1CC=C(C(=O)OC)[C@H](c2ccccc2)[C@H]1F. The summed E-state index contributed by atoms with van der Waals surface area (Å²) in [6.45, 7) is 3.72. The van der Waals surface area contributed by atoms with Crippen molar-refractivity contribution in [3.05, 3.63) is 59.7 Å². The first-order valence-corrected chi connectivity index (χ1v) is 5.80. The molecule has 0 amide bonds. The fraction of sp³-hybridized carbons (Fsp3) is 0.267. The molecule has 0 saturated heterocycles. The summed E-state index contributed by atoms with van der Waals surface area (Å²) in [6.07, 6.45) is 0.850. The van der Waals surface area contributed by atoms with Gasteiger partial charge in [0, 0.05) is 5.57 Å². The minimum atomic E-state index is -1.24. The van der Waals surface area contributed by atoms with Gasteiger partial charge in [0.25, 0.3) is 0 Å². The van der Waals surface area contributed by atoms with Crippen molar-refractivity contribution in [2.24, 2.45) is 0 Å². The molecule has 0 fully saturated rings. The van der Waals surface area contributed by atoms with Gasteiger partial charge in [-0.25, -0.2) is 9.18 Å². The molecule has 2 atom stereocenters. The first kappa shape index (κ1) is 12.6. The lowest BCUT2D eigenvalue weighted by molar-refractivity contribution is -0.136. The highest BCUT2D eigenvalue weighted by Crippen LogP contribution is 2.38. The number of benzene rings is 1. The van der Waals surface area contributed by atoms with Crippen LogP contribution in [0.4, 0.5) is 4.39 Å². The number of methoxy groups -OCH3 is 1. The summed E-state index contributed by atoms with van der Waals surface area (Å²) in [5.74, 6) is -1.08. The molecule has 18 heavy (non-hydrogen) atoms. The zero-order valence-electron chi connectivity index (χ0n) is 10.2. The predicted octanol–water partition coefficient (Wildman–Crippen LogP) is 3.17. The van der Waals surface area contributed by atoms with Crippen molar-refractivity contribution in [3.63, 3.8) is 0 Å². The van der Waals surface area contributed by atoms with Crippen LogP contribution < -0.4 is 0 Å². The number of hydrogen-bond acceptors (Lipinski definition) is 2. The maximum atomic E-state index is 14.3. The Kier molecular flexibility index (Phi) is 3.60. The van der Waals surface area contributed by atoms with Crippen molar-refractivity contribution in [1.29, 1.82) is 0 Å². The van der Waals surface area contributed by atoms with Crippen LogP contribution in [-0.2, 0) is 9.53 Å². The van der Waals surface area contributed by atoms with Gasteiger partial charge in [0.1, 0.15) is 6.17 Å². The molecule has 1 aliphatic carbocycles. The van der Waals surface area contributed by atoms with Crippen molar-refractivity contribution in [2.45, 2.75) is 18.5 Å². The van der Waals surface area contributed by atoms with E-state index in [1.54, 1.807) is 6.08 Å². The van der Waals surface area contributed by atoms with Crippen molar-refractivity contribution in [1.82, 2.24) is 0 Å². The second-order valence-electron chi connectivity index (χ2n) is 4.30. The molecule has 0 aliphatic heterocycles. The van der Waals surface area contributed by atoms with Gasteiger partial charge in [-0.3, -0.25) is 0 Å². The maximum Gasteiger partial charge on any atom is 0.334 e. The zero-order valence-corrected chi connectivity index (χ0v) is 10.2. The molecule has 0 saturated carbocycles. The van der Waals surface area contributed by atoms with Crippen LogP contribution in [0, 0.1) is 0 Å². The van der Waals surface area contributed by atoms with Gasteiger partial charge in [-0.05, 0) is 17.6 Å². The van der Waals surface area contributed by atoms with Gasteiger partial charge in [-0.15, -0.1) is 0 Å². The minimum Gasteiger partial charge on any atom is -0.466 e. The number of hydrogen-bond donors (Lipinski definition) is 0. The number of carbonyl (C=O) groups excluding carboxylic acids is 1. The Hall–Kier alpha value is -1.90. The summed E-state index contributed by atoms with van der Waals surface area (Å²) < 4.78 is 19.0. The van der Waals surface area contributed by atoms with Gasteiger partial charge in [0.15, 0.2) is 0 Å². The van der Waals surface area contributed by atoms with Crippen molar-refractivity contribution >= 4 is 5.97 Å². The third-order valence-electron chi connectivity index (χ3n) is 3.18. The fourth-order valence-electron chi connectivity index (χ4n) is 2.21. The molecule has 0 unspecified atom stereocenters. The standard InChI is InChI=1S/C15H15FO2/c1-10-8-9-12(15(17)18-2)13(14(10)16)11-6-4-3-5-7-11/h3-7,9,13-14H,1,8H2,2H3/t13-,14-/m0/s1. The van der Waals surface area contributed by atoms with Crippen LogP contribution in [0.15, 0.2) is 54.1 Å². The van der Waals surface area contributed by atoms with E-state index in [4.69, 9.17) is 4.74 Å². The van der Waals surface area contributed by atoms with Crippen LogP contribution in [-0.4, -0.2) is 19.3 Å². The predicted molar refractivity (Wildman–Crippen MR) is 67.9 cm³/mol. The summed E-state index contributed by atoms with van der Waals surface area (Å²) in [4.78, 5) is 11.7. The largest absolute Gasteiger partial charge is 0.466 e. The second kappa shape index (κ2) is 5.17. The first-order chi connectivity index (χ1) is 8.65. The first-order valence-electron chi connectivity index (χ1n) is 5.80. The van der Waals surface area contributed by atoms with Gasteiger partial charge in [0.2, 0.25) is 0 Å². The molecule has 0 heterocycles. The van der Waals surface area contributed by atoms with Crippen molar-refractivity contribution in [3.8, 4) is 0 Å². The quantitative estimate of drug-likeness (QED) is 0.592. The Bertz CT molecular complexity index is 490. The number of halogens is 1. The summed E-state index contributed by atoms with van der Waals surface area (Å²) in [7, 11) is 1.31. The molecule has 2 rings (SSSR count). The van der Waals surface area contributed by atoms with Gasteiger partial charge >= 0.3 is 5.97 Å². The molecule has 1 aromatic carbocycles. The molecule has 94 valence electrons. The van der Waals surface area contributed by atoms with Gasteiger partial charge in [-0.1, -0.05) is 43.0 Å². The van der Waals surface area contributed by atoms with Crippen molar-refractivity contribution in [2.75, 3.05) is 7.11 Å². The van der Waals surface area contributed by atoms with E-state index in [1.807, 2.05) is 30.3 Å². The van der Waals surface area contributed by atoms with E-state index in [0.29, 0.717) is 17.6 Å². The Morgan fingerprint density at radius 2 is 2.06 bits per heavy atom. The zero-order chi connectivity index (χ0) is 13.1. The third kappa shape index (κ3) is 2.21. The van der Waals surface area contributed by atoms with E-state index < -0.39 is 18.1 Å². The Labute approximate surface area is 106 Å². The highest BCUT2D eigenvalue weighted by Gasteiger charge is 2.35. The number of esters is 1. The lowest BCUT2D eigenvalue weighted by atomic mass is 9.79. The molecule has 0 radical (unpaired) electrons. The fourth-order valence-corrected chi connectivity index (χ4v) is 2.21. The van der Waals surface area contributed by atoms with Crippen LogP contribution in [0.5, 0.6) is 0 Å². The molecular formula is C15H15FO2. The van der Waals surface area contributed by atoms with Crippen LogP contribution in [0.1, 0.15) is 17.9 Å². The third-order valence-corrected chi connectivity index (χ3v) is 3.18. The molecule has 1 aliphatic rings. The van der Waals surface area contributed by atoms with Gasteiger partial charge in [0.05, 0.1) is 13.0 Å². The van der Waals surface area contributed by atoms with E-state index >= 15 is 0 Å². The normalized spacial score (nSPS) is 23.4. The van der Waals surface area contributed by atoms with E-state index in [-0.39, 0.29) is 0 Å². The molecule has 0 N–H and O–H groups in total. The maximum absolute atomic E-state index is 14.3. The number of ether oxygens (including phenoxy) is 1. The number of allylic oxidation sites excluding steroid dienone is 2. The Balaban J connectivity index is 2.44. The summed E-state index contributed by atoms with van der Waals surface area (Å²) in [5.41, 5.74) is 1.64. The summed E-state index contributed by atoms with van der Waals surface area (Å²) in [5, 5.41) is 0. The second-order valence-corrected chi connectivity index (χ2v) is 4.30. The van der Waals surface area contributed by atoms with Gasteiger partial charge < -0.3 is 4.74 Å². The monoisotopic (exact) mass is 246 g/mol. The molecule has 0 bridgehead atoms. The van der Waals surface area contributed by atoms with E-state index in [0.717, 1.165) is 5.56 Å². The minimum absolute atomic E-state index is 0.378. The average Bonchev–Trinajstić information content (AvgIpc) is 2.41. The smallest absolute Gasteiger partial charge is 0.334 e. The Morgan fingerprint density at radius 3 is 2.67 bits per heavy atom. The van der Waals surface area contributed by atoms with Crippen LogP contribution >= 0.6 is 0 Å². The van der Waals surface area contributed by atoms with Crippen molar-refractivity contribution < 1.29 is 13.9 Å². The molecule has 1 aromatic rings. The summed E-state index contributed by atoms with van der Waals surface area (Å²) >= 11 is 0. The van der Waals surface area contributed by atoms with E-state index in [2.05, 4.69) is 6.58 Å². The number of alkyl halides is 1. The lowest BCUT2D eigenvalue weighted by Gasteiger charge is -2.28. The molecule has 3 heteroatoms. The van der Waals surface area contributed by atoms with Crippen LogP contribution in [0.3, 0.4) is 0 Å². The molecule has 0 aromatic heterocycles. The number of rotatable bonds is 2. The highest BCUT2D eigenvalue weighted by molar-refractivity contribution is 5.91. The Morgan fingerprint density at radius 1 is 1.39 bits per heavy atom. The number of carbonyl (C=O) groups is 1. The molecule has 2 nitrogen and oxygen atoms in total. The van der Waals surface area contributed by atoms with Crippen LogP contribution in [0.25, 0.3) is 0 Å².